The third-order valence-corrected chi connectivity index (χ3v) is 4.69. The lowest BCUT2D eigenvalue weighted by atomic mass is 9.87. The molecule has 1 aromatic carbocycles. The molecule has 8 nitrogen and oxygen atoms in total. The summed E-state index contributed by atoms with van der Waals surface area (Å²) < 4.78 is 1.57. The number of nitrogens with two attached hydrogens (primary N) is 1. The minimum atomic E-state index is -1.31. The Bertz CT molecular complexity index is 884. The first-order valence-corrected chi connectivity index (χ1v) is 7.82. The highest BCUT2D eigenvalue weighted by Gasteiger charge is 2.38. The van der Waals surface area contributed by atoms with Crippen molar-refractivity contribution in [3.05, 3.63) is 29.0 Å². The lowest BCUT2D eigenvalue weighted by molar-refractivity contribution is -0.125. The second kappa shape index (κ2) is 6.19. The molecule has 0 bridgehead atoms. The molecule has 0 aliphatic carbocycles. The van der Waals surface area contributed by atoms with Gasteiger partial charge in [0.15, 0.2) is 0 Å². The molecule has 0 fully saturated rings. The molecule has 0 spiro atoms. The first-order valence-electron chi connectivity index (χ1n) is 7.82. The predicted octanol–water partition coefficient (Wildman–Crippen LogP) is 1.21. The molecule has 4 N–H and O–H groups in total. The highest BCUT2D eigenvalue weighted by Crippen LogP contribution is 2.27. The maximum absolute atomic E-state index is 13.0. The molecule has 134 valence electrons. The van der Waals surface area contributed by atoms with Crippen LogP contribution in [0.25, 0.3) is 10.9 Å². The molecule has 0 saturated carbocycles. The number of benzene rings is 1. The Kier molecular flexibility index (Phi) is 4.57. The van der Waals surface area contributed by atoms with E-state index in [9.17, 15) is 19.5 Å². The van der Waals surface area contributed by atoms with Gasteiger partial charge in [-0.05, 0) is 31.9 Å². The Labute approximate surface area is 145 Å². The van der Waals surface area contributed by atoms with Gasteiger partial charge >= 0.3 is 5.97 Å². The quantitative estimate of drug-likeness (QED) is 0.750. The summed E-state index contributed by atoms with van der Waals surface area (Å²) in [6.07, 6.45) is 0. The number of aryl methyl sites for hydroxylation is 2. The zero-order chi connectivity index (χ0) is 19.1. The smallest absolute Gasteiger partial charge is 0.336 e. The fraction of sp³-hybridized carbons (Fsp3) is 0.412. The number of carboxylic acid groups (broad SMARTS) is 1. The molecule has 0 radical (unpaired) electrons. The SMILES string of the molecule is Cc1nn(C)c2ccc(C(=O)O)c(C(=O)NC(C)(C(N)=O)C(C)C)c12. The Morgan fingerprint density at radius 1 is 1.32 bits per heavy atom. The number of nitrogens with zero attached hydrogens (tertiary/aromatic N) is 2. The number of hydrogen-bond donors (Lipinski definition) is 3. The van der Waals surface area contributed by atoms with E-state index in [0.29, 0.717) is 16.6 Å². The van der Waals surface area contributed by atoms with Crippen LogP contribution >= 0.6 is 0 Å². The minimum Gasteiger partial charge on any atom is -0.478 e. The predicted molar refractivity (Wildman–Crippen MR) is 92.3 cm³/mol. The summed E-state index contributed by atoms with van der Waals surface area (Å²) in [5, 5.41) is 16.8. The molecule has 25 heavy (non-hydrogen) atoms. The van der Waals surface area contributed by atoms with Crippen molar-refractivity contribution in [3.8, 4) is 0 Å². The standard InChI is InChI=1S/C17H22N4O4/c1-8(2)17(4,16(18)25)19-14(22)13-10(15(23)24)6-7-11-12(13)9(3)20-21(11)5/h6-8H,1-5H3,(H2,18,25)(H,19,22)(H,23,24). The van der Waals surface area contributed by atoms with Crippen molar-refractivity contribution in [1.29, 1.82) is 0 Å². The van der Waals surface area contributed by atoms with Crippen LogP contribution in [-0.4, -0.2) is 38.2 Å². The third-order valence-electron chi connectivity index (χ3n) is 4.69. The summed E-state index contributed by atoms with van der Waals surface area (Å²) in [5.41, 5.74) is 5.11. The summed E-state index contributed by atoms with van der Waals surface area (Å²) in [5.74, 6) is -2.88. The Hall–Kier alpha value is -2.90. The van der Waals surface area contributed by atoms with Gasteiger partial charge in [0.2, 0.25) is 5.91 Å². The van der Waals surface area contributed by atoms with E-state index < -0.39 is 23.3 Å². The van der Waals surface area contributed by atoms with Crippen LogP contribution in [0.15, 0.2) is 12.1 Å². The summed E-state index contributed by atoms with van der Waals surface area (Å²) >= 11 is 0. The van der Waals surface area contributed by atoms with Crippen LogP contribution in [0.2, 0.25) is 0 Å². The van der Waals surface area contributed by atoms with Crippen LogP contribution < -0.4 is 11.1 Å². The Morgan fingerprint density at radius 3 is 2.40 bits per heavy atom. The topological polar surface area (TPSA) is 127 Å². The number of aromatic nitrogens is 2. The van der Waals surface area contributed by atoms with Crippen molar-refractivity contribution < 1.29 is 19.5 Å². The van der Waals surface area contributed by atoms with Crippen LogP contribution in [-0.2, 0) is 11.8 Å². The fourth-order valence-corrected chi connectivity index (χ4v) is 2.76. The number of aromatic carboxylic acids is 1. The molecule has 1 unspecified atom stereocenters. The third kappa shape index (κ3) is 2.95. The van der Waals surface area contributed by atoms with E-state index in [1.807, 2.05) is 0 Å². The fourth-order valence-electron chi connectivity index (χ4n) is 2.76. The first kappa shape index (κ1) is 18.4. The van der Waals surface area contributed by atoms with Crippen molar-refractivity contribution in [2.75, 3.05) is 0 Å². The second-order valence-electron chi connectivity index (χ2n) is 6.57. The van der Waals surface area contributed by atoms with Gasteiger partial charge in [-0.15, -0.1) is 0 Å². The van der Waals surface area contributed by atoms with Crippen LogP contribution in [0.4, 0.5) is 0 Å². The largest absolute Gasteiger partial charge is 0.478 e. The maximum Gasteiger partial charge on any atom is 0.336 e. The van der Waals surface area contributed by atoms with Crippen LogP contribution in [0.1, 0.15) is 47.2 Å². The second-order valence-corrected chi connectivity index (χ2v) is 6.57. The minimum absolute atomic E-state index is 0.0243. The molecule has 1 heterocycles. The van der Waals surface area contributed by atoms with Gasteiger partial charge in [0.25, 0.3) is 5.91 Å². The van der Waals surface area contributed by atoms with Gasteiger partial charge in [-0.2, -0.15) is 5.10 Å². The zero-order valence-electron chi connectivity index (χ0n) is 14.9. The van der Waals surface area contributed by atoms with Crippen molar-refractivity contribution in [1.82, 2.24) is 15.1 Å². The van der Waals surface area contributed by atoms with E-state index in [2.05, 4.69) is 10.4 Å². The molecular weight excluding hydrogens is 324 g/mol. The average Bonchev–Trinajstić information content (AvgIpc) is 2.80. The molecule has 1 atom stereocenters. The van der Waals surface area contributed by atoms with Crippen LogP contribution in [0, 0.1) is 12.8 Å². The highest BCUT2D eigenvalue weighted by molar-refractivity contribution is 6.15. The molecule has 1 aromatic heterocycles. The number of carboxylic acids is 1. The van der Waals surface area contributed by atoms with Gasteiger partial charge in [0, 0.05) is 12.4 Å². The van der Waals surface area contributed by atoms with E-state index in [0.717, 1.165) is 0 Å². The molecular formula is C17H22N4O4. The van der Waals surface area contributed by atoms with Gasteiger partial charge in [-0.1, -0.05) is 13.8 Å². The first-order chi connectivity index (χ1) is 11.5. The molecule has 0 aliphatic heterocycles. The lowest BCUT2D eigenvalue weighted by Gasteiger charge is -2.31. The molecule has 2 aromatic rings. The highest BCUT2D eigenvalue weighted by atomic mass is 16.4. The monoisotopic (exact) mass is 346 g/mol. The number of rotatable bonds is 5. The number of hydrogen-bond acceptors (Lipinski definition) is 4. The van der Waals surface area contributed by atoms with Gasteiger partial charge in [-0.3, -0.25) is 14.3 Å². The number of nitrogens with one attached hydrogen (secondary N) is 1. The van der Waals surface area contributed by atoms with Gasteiger partial charge in [0.1, 0.15) is 5.54 Å². The van der Waals surface area contributed by atoms with Gasteiger partial charge in [0.05, 0.1) is 22.3 Å². The number of amides is 2. The van der Waals surface area contributed by atoms with E-state index in [-0.39, 0.29) is 17.0 Å². The van der Waals surface area contributed by atoms with E-state index in [1.165, 1.54) is 13.0 Å². The zero-order valence-corrected chi connectivity index (χ0v) is 14.9. The lowest BCUT2D eigenvalue weighted by Crippen LogP contribution is -2.58. The van der Waals surface area contributed by atoms with E-state index in [4.69, 9.17) is 5.73 Å². The number of carbonyl (C=O) groups is 3. The van der Waals surface area contributed by atoms with Gasteiger partial charge < -0.3 is 16.2 Å². The average molecular weight is 346 g/mol. The van der Waals surface area contributed by atoms with Crippen LogP contribution in [0.3, 0.4) is 0 Å². The Balaban J connectivity index is 2.70. The molecule has 2 rings (SSSR count). The number of primary amides is 1. The molecule has 0 aliphatic rings. The molecule has 0 saturated heterocycles. The summed E-state index contributed by atoms with van der Waals surface area (Å²) in [4.78, 5) is 36.4. The summed E-state index contributed by atoms with van der Waals surface area (Å²) in [7, 11) is 1.71. The van der Waals surface area contributed by atoms with Crippen molar-refractivity contribution in [2.45, 2.75) is 33.2 Å². The van der Waals surface area contributed by atoms with Crippen molar-refractivity contribution >= 4 is 28.7 Å². The number of fused-ring (bicyclic) bond motifs is 1. The summed E-state index contributed by atoms with van der Waals surface area (Å²) in [6.45, 7) is 6.72. The molecule has 8 heteroatoms. The molecule has 2 amide bonds. The summed E-state index contributed by atoms with van der Waals surface area (Å²) in [6, 6.07) is 2.96. The maximum atomic E-state index is 13.0. The number of carbonyl (C=O) groups excluding carboxylic acids is 2. The Morgan fingerprint density at radius 2 is 1.92 bits per heavy atom. The van der Waals surface area contributed by atoms with Crippen molar-refractivity contribution in [2.24, 2.45) is 18.7 Å². The normalized spacial score (nSPS) is 13.7. The van der Waals surface area contributed by atoms with Crippen molar-refractivity contribution in [3.63, 3.8) is 0 Å². The van der Waals surface area contributed by atoms with Crippen LogP contribution in [0.5, 0.6) is 0 Å². The van der Waals surface area contributed by atoms with Gasteiger partial charge in [-0.25, -0.2) is 4.79 Å². The van der Waals surface area contributed by atoms with E-state index in [1.54, 1.807) is 38.6 Å². The van der Waals surface area contributed by atoms with E-state index >= 15 is 0 Å².